The molecule has 1 aliphatic rings. The van der Waals surface area contributed by atoms with Gasteiger partial charge in [0.05, 0.1) is 16.6 Å². The molecule has 10 nitrogen and oxygen atoms in total. The quantitative estimate of drug-likeness (QED) is 0.506. The highest BCUT2D eigenvalue weighted by Gasteiger charge is 2.35. The third-order valence-corrected chi connectivity index (χ3v) is 3.67. The summed E-state index contributed by atoms with van der Waals surface area (Å²) in [4.78, 5) is 23.2. The van der Waals surface area contributed by atoms with E-state index in [0.717, 1.165) is 0 Å². The summed E-state index contributed by atoms with van der Waals surface area (Å²) in [6.07, 6.45) is -0.311. The highest BCUT2D eigenvalue weighted by atomic mass is 16.6. The van der Waals surface area contributed by atoms with Crippen molar-refractivity contribution in [2.75, 3.05) is 5.32 Å². The summed E-state index contributed by atoms with van der Waals surface area (Å²) in [6.45, 7) is 5.20. The van der Waals surface area contributed by atoms with Gasteiger partial charge in [0.1, 0.15) is 6.04 Å². The third-order valence-electron chi connectivity index (χ3n) is 3.67. The fourth-order valence-corrected chi connectivity index (χ4v) is 2.67. The van der Waals surface area contributed by atoms with E-state index in [0.29, 0.717) is 22.8 Å². The van der Waals surface area contributed by atoms with Gasteiger partial charge in [-0.3, -0.25) is 10.1 Å². The van der Waals surface area contributed by atoms with E-state index in [-0.39, 0.29) is 11.8 Å². The van der Waals surface area contributed by atoms with Crippen molar-refractivity contribution in [2.24, 2.45) is 0 Å². The number of rotatable bonds is 4. The van der Waals surface area contributed by atoms with Gasteiger partial charge < -0.3 is 10.1 Å². The monoisotopic (exact) mass is 344 g/mol. The predicted octanol–water partition coefficient (Wildman–Crippen LogP) is 1.82. The first kappa shape index (κ1) is 16.6. The molecule has 0 bridgehead atoms. The number of esters is 1. The van der Waals surface area contributed by atoms with Crippen molar-refractivity contribution in [3.63, 3.8) is 0 Å². The molecular weight excluding hydrogens is 328 g/mol. The number of nitro groups is 1. The van der Waals surface area contributed by atoms with Crippen molar-refractivity contribution in [1.82, 2.24) is 20.2 Å². The number of nitrogens with zero attached hydrogens (tertiary/aromatic N) is 5. The first-order valence-corrected chi connectivity index (χ1v) is 7.59. The summed E-state index contributed by atoms with van der Waals surface area (Å²) >= 11 is 0. The largest absolute Gasteiger partial charge is 0.459 e. The zero-order chi connectivity index (χ0) is 18.1. The third kappa shape index (κ3) is 3.05. The van der Waals surface area contributed by atoms with Gasteiger partial charge >= 0.3 is 5.97 Å². The molecule has 3 rings (SSSR count). The molecule has 1 N–H and O–H groups in total. The Bertz CT molecular complexity index is 872. The number of nitro benzene ring substituents is 1. The molecule has 0 fully saturated rings. The van der Waals surface area contributed by atoms with Crippen LogP contribution in [0.3, 0.4) is 0 Å². The second-order valence-corrected chi connectivity index (χ2v) is 5.82. The Kier molecular flexibility index (Phi) is 4.17. The van der Waals surface area contributed by atoms with Gasteiger partial charge in [0.2, 0.25) is 5.95 Å². The van der Waals surface area contributed by atoms with E-state index in [1.54, 1.807) is 32.9 Å². The molecule has 10 heteroatoms. The van der Waals surface area contributed by atoms with Crippen LogP contribution in [-0.2, 0) is 9.53 Å². The predicted molar refractivity (Wildman–Crippen MR) is 86.6 cm³/mol. The number of ether oxygens (including phenoxy) is 1. The summed E-state index contributed by atoms with van der Waals surface area (Å²) in [5.74, 6) is -0.187. The molecule has 2 aromatic rings. The number of tetrazole rings is 1. The first-order valence-electron chi connectivity index (χ1n) is 7.59. The highest BCUT2D eigenvalue weighted by Crippen LogP contribution is 2.36. The van der Waals surface area contributed by atoms with Crippen LogP contribution in [-0.4, -0.2) is 37.2 Å². The molecule has 0 amide bonds. The lowest BCUT2D eigenvalue weighted by atomic mass is 9.95. The lowest BCUT2D eigenvalue weighted by molar-refractivity contribution is -0.384. The second kappa shape index (κ2) is 6.30. The van der Waals surface area contributed by atoms with E-state index in [9.17, 15) is 14.9 Å². The summed E-state index contributed by atoms with van der Waals surface area (Å²) in [6, 6.07) is 5.30. The van der Waals surface area contributed by atoms with Crippen molar-refractivity contribution in [1.29, 1.82) is 0 Å². The number of hydrogen-bond acceptors (Lipinski definition) is 8. The van der Waals surface area contributed by atoms with Gasteiger partial charge in [-0.25, -0.2) is 4.79 Å². The van der Waals surface area contributed by atoms with Crippen LogP contribution in [0, 0.1) is 10.1 Å². The molecule has 1 unspecified atom stereocenters. The number of non-ortho nitro benzene ring substituents is 1. The Balaban J connectivity index is 2.14. The van der Waals surface area contributed by atoms with Crippen LogP contribution in [0.15, 0.2) is 35.5 Å². The standard InChI is InChI=1S/C15H16N6O4/c1-8(2)25-14(22)12-9(3)16-15-17-18-19-20(15)13(12)10-5-4-6-11(7-10)21(23)24/h4-8,13H,1-3H3,(H,16,17,19). The molecule has 0 spiro atoms. The van der Waals surface area contributed by atoms with E-state index >= 15 is 0 Å². The van der Waals surface area contributed by atoms with Crippen LogP contribution >= 0.6 is 0 Å². The maximum atomic E-state index is 12.6. The SMILES string of the molecule is CC1=C(C(=O)OC(C)C)C(c2cccc([N+](=O)[O-])c2)n2nnnc2N1. The van der Waals surface area contributed by atoms with E-state index in [4.69, 9.17) is 4.74 Å². The summed E-state index contributed by atoms with van der Waals surface area (Å²) in [5, 5.41) is 25.4. The Morgan fingerprint density at radius 3 is 2.88 bits per heavy atom. The number of benzene rings is 1. The van der Waals surface area contributed by atoms with Gasteiger partial charge in [-0.2, -0.15) is 4.68 Å². The lowest BCUT2D eigenvalue weighted by Crippen LogP contribution is -2.30. The van der Waals surface area contributed by atoms with Gasteiger partial charge in [-0.15, -0.1) is 0 Å². The highest BCUT2D eigenvalue weighted by molar-refractivity contribution is 5.92. The molecule has 25 heavy (non-hydrogen) atoms. The van der Waals surface area contributed by atoms with Crippen molar-refractivity contribution < 1.29 is 14.5 Å². The number of anilines is 1. The molecule has 0 saturated carbocycles. The van der Waals surface area contributed by atoms with Crippen LogP contribution in [0.4, 0.5) is 11.6 Å². The van der Waals surface area contributed by atoms with Crippen molar-refractivity contribution in [2.45, 2.75) is 32.9 Å². The van der Waals surface area contributed by atoms with Gasteiger partial charge in [0.15, 0.2) is 0 Å². The Morgan fingerprint density at radius 2 is 2.20 bits per heavy atom. The maximum Gasteiger partial charge on any atom is 0.338 e. The second-order valence-electron chi connectivity index (χ2n) is 5.82. The number of fused-ring (bicyclic) bond motifs is 1. The number of carbonyl (C=O) groups excluding carboxylic acids is 1. The fourth-order valence-electron chi connectivity index (χ4n) is 2.67. The Morgan fingerprint density at radius 1 is 1.44 bits per heavy atom. The molecular formula is C15H16N6O4. The van der Waals surface area contributed by atoms with Crippen molar-refractivity contribution in [3.05, 3.63) is 51.2 Å². The molecule has 1 aliphatic heterocycles. The molecule has 0 aliphatic carbocycles. The molecule has 1 aromatic heterocycles. The molecule has 1 atom stereocenters. The topological polar surface area (TPSA) is 125 Å². The van der Waals surface area contributed by atoms with Crippen LogP contribution in [0.5, 0.6) is 0 Å². The summed E-state index contributed by atoms with van der Waals surface area (Å²) in [7, 11) is 0. The smallest absolute Gasteiger partial charge is 0.338 e. The van der Waals surface area contributed by atoms with E-state index in [1.165, 1.54) is 16.8 Å². The van der Waals surface area contributed by atoms with Crippen molar-refractivity contribution >= 4 is 17.6 Å². The van der Waals surface area contributed by atoms with Crippen LogP contribution in [0.25, 0.3) is 0 Å². The molecule has 1 aromatic carbocycles. The number of aromatic nitrogens is 4. The zero-order valence-electron chi connectivity index (χ0n) is 13.8. The summed E-state index contributed by atoms with van der Waals surface area (Å²) in [5.41, 5.74) is 1.26. The molecule has 0 saturated heterocycles. The number of allylic oxidation sites excluding steroid dienone is 1. The minimum absolute atomic E-state index is 0.0834. The maximum absolute atomic E-state index is 12.6. The molecule has 130 valence electrons. The average molecular weight is 344 g/mol. The van der Waals surface area contributed by atoms with Crippen LogP contribution in [0.2, 0.25) is 0 Å². The van der Waals surface area contributed by atoms with E-state index < -0.39 is 16.9 Å². The Labute approximate surface area is 142 Å². The molecule has 0 radical (unpaired) electrons. The van der Waals surface area contributed by atoms with E-state index in [1.807, 2.05) is 0 Å². The minimum atomic E-state index is -0.725. The zero-order valence-corrected chi connectivity index (χ0v) is 13.8. The fraction of sp³-hybridized carbons (Fsp3) is 0.333. The first-order chi connectivity index (χ1) is 11.9. The normalized spacial score (nSPS) is 16.4. The van der Waals surface area contributed by atoms with Gasteiger partial charge in [-0.1, -0.05) is 17.2 Å². The van der Waals surface area contributed by atoms with Gasteiger partial charge in [0, 0.05) is 17.8 Å². The van der Waals surface area contributed by atoms with Crippen LogP contribution < -0.4 is 5.32 Å². The Hall–Kier alpha value is -3.30. The van der Waals surface area contributed by atoms with E-state index in [2.05, 4.69) is 20.8 Å². The number of carbonyl (C=O) groups is 1. The lowest BCUT2D eigenvalue weighted by Gasteiger charge is -2.27. The van der Waals surface area contributed by atoms with Crippen molar-refractivity contribution in [3.8, 4) is 0 Å². The number of hydrogen-bond donors (Lipinski definition) is 1. The molecule has 2 heterocycles. The number of nitrogens with one attached hydrogen (secondary N) is 1. The average Bonchev–Trinajstić information content (AvgIpc) is 3.00. The van der Waals surface area contributed by atoms with Gasteiger partial charge in [0.25, 0.3) is 5.69 Å². The van der Waals surface area contributed by atoms with Gasteiger partial charge in [-0.05, 0) is 36.8 Å². The summed E-state index contributed by atoms with van der Waals surface area (Å²) < 4.78 is 6.73. The van der Waals surface area contributed by atoms with Crippen LogP contribution in [0.1, 0.15) is 32.4 Å². The minimum Gasteiger partial charge on any atom is -0.459 e.